The van der Waals surface area contributed by atoms with Gasteiger partial charge in [-0.25, -0.2) is 0 Å². The second-order valence-corrected chi connectivity index (χ2v) is 9.75. The quantitative estimate of drug-likeness (QED) is 0.486. The first-order valence-corrected chi connectivity index (χ1v) is 11.3. The molecule has 1 saturated heterocycles. The zero-order chi connectivity index (χ0) is 21.9. The summed E-state index contributed by atoms with van der Waals surface area (Å²) in [5.41, 5.74) is 3.40. The van der Waals surface area contributed by atoms with Crippen LogP contribution in [0.1, 0.15) is 56.7 Å². The Bertz CT molecular complexity index is 935. The lowest BCUT2D eigenvalue weighted by atomic mass is 9.74. The SMILES string of the molecule is CC(C)(C)OC(=O)CCN1CCC2(CC1)COc1cc(/C=C/c3ccccc3)ccc12. The van der Waals surface area contributed by atoms with E-state index in [-0.39, 0.29) is 11.4 Å². The molecule has 0 bridgehead atoms. The van der Waals surface area contributed by atoms with Gasteiger partial charge in [0.15, 0.2) is 0 Å². The minimum Gasteiger partial charge on any atom is -0.492 e. The predicted molar refractivity (Wildman–Crippen MR) is 125 cm³/mol. The van der Waals surface area contributed by atoms with E-state index < -0.39 is 5.60 Å². The summed E-state index contributed by atoms with van der Waals surface area (Å²) in [6.07, 6.45) is 6.86. The normalized spacial score (nSPS) is 18.2. The van der Waals surface area contributed by atoms with Crippen molar-refractivity contribution < 1.29 is 14.3 Å². The summed E-state index contributed by atoms with van der Waals surface area (Å²) < 4.78 is 11.6. The fourth-order valence-corrected chi connectivity index (χ4v) is 4.51. The van der Waals surface area contributed by atoms with Gasteiger partial charge in [0.25, 0.3) is 0 Å². The summed E-state index contributed by atoms with van der Waals surface area (Å²) in [7, 11) is 0. The van der Waals surface area contributed by atoms with Gasteiger partial charge in [-0.3, -0.25) is 4.79 Å². The lowest BCUT2D eigenvalue weighted by Crippen LogP contribution is -2.44. The Balaban J connectivity index is 1.34. The van der Waals surface area contributed by atoms with Crippen LogP contribution in [-0.2, 0) is 14.9 Å². The molecule has 4 nitrogen and oxygen atoms in total. The number of likely N-dealkylation sites (tertiary alicyclic amines) is 1. The van der Waals surface area contributed by atoms with Gasteiger partial charge in [-0.05, 0) is 63.9 Å². The highest BCUT2D eigenvalue weighted by Crippen LogP contribution is 2.46. The molecule has 2 aliphatic rings. The molecule has 2 heterocycles. The van der Waals surface area contributed by atoms with Crippen molar-refractivity contribution in [3.05, 3.63) is 65.2 Å². The third-order valence-electron chi connectivity index (χ3n) is 6.21. The molecular formula is C27H33NO3. The largest absolute Gasteiger partial charge is 0.492 e. The molecule has 1 spiro atoms. The summed E-state index contributed by atoms with van der Waals surface area (Å²) >= 11 is 0. The third kappa shape index (κ3) is 5.37. The van der Waals surface area contributed by atoms with Crippen LogP contribution in [0, 0.1) is 0 Å². The molecule has 0 saturated carbocycles. The van der Waals surface area contributed by atoms with E-state index in [1.54, 1.807) is 0 Å². The van der Waals surface area contributed by atoms with Crippen LogP contribution in [0.2, 0.25) is 0 Å². The van der Waals surface area contributed by atoms with Crippen LogP contribution in [0.4, 0.5) is 0 Å². The average molecular weight is 420 g/mol. The first kappa shape index (κ1) is 21.6. The van der Waals surface area contributed by atoms with E-state index in [4.69, 9.17) is 9.47 Å². The highest BCUT2D eigenvalue weighted by atomic mass is 16.6. The maximum atomic E-state index is 12.0. The molecule has 0 unspecified atom stereocenters. The van der Waals surface area contributed by atoms with Gasteiger partial charge < -0.3 is 14.4 Å². The highest BCUT2D eigenvalue weighted by molar-refractivity contribution is 5.71. The fraction of sp³-hybridized carbons (Fsp3) is 0.444. The molecule has 31 heavy (non-hydrogen) atoms. The van der Waals surface area contributed by atoms with Crippen molar-refractivity contribution in [1.29, 1.82) is 0 Å². The van der Waals surface area contributed by atoms with Gasteiger partial charge in [0.1, 0.15) is 11.4 Å². The molecular weight excluding hydrogens is 386 g/mol. The molecule has 0 N–H and O–H groups in total. The topological polar surface area (TPSA) is 38.8 Å². The van der Waals surface area contributed by atoms with Crippen LogP contribution in [0.25, 0.3) is 12.2 Å². The van der Waals surface area contributed by atoms with E-state index in [0.29, 0.717) is 6.42 Å². The number of ether oxygens (including phenoxy) is 2. The Kier molecular flexibility index (Phi) is 6.19. The fourth-order valence-electron chi connectivity index (χ4n) is 4.51. The molecule has 0 aliphatic carbocycles. The monoisotopic (exact) mass is 419 g/mol. The molecule has 164 valence electrons. The minimum absolute atomic E-state index is 0.111. The van der Waals surface area contributed by atoms with Gasteiger partial charge >= 0.3 is 5.97 Å². The van der Waals surface area contributed by atoms with Gasteiger partial charge in [-0.15, -0.1) is 0 Å². The number of piperidine rings is 1. The Hall–Kier alpha value is -2.59. The molecule has 0 amide bonds. The lowest BCUT2D eigenvalue weighted by Gasteiger charge is -2.38. The predicted octanol–water partition coefficient (Wildman–Crippen LogP) is 5.31. The van der Waals surface area contributed by atoms with Crippen LogP contribution in [0.15, 0.2) is 48.5 Å². The molecule has 0 aromatic heterocycles. The number of rotatable bonds is 5. The number of esters is 1. The van der Waals surface area contributed by atoms with Crippen LogP contribution in [0.3, 0.4) is 0 Å². The summed E-state index contributed by atoms with van der Waals surface area (Å²) in [5.74, 6) is 0.913. The van der Waals surface area contributed by atoms with E-state index >= 15 is 0 Å². The van der Waals surface area contributed by atoms with Crippen molar-refractivity contribution in [2.24, 2.45) is 0 Å². The first-order valence-electron chi connectivity index (χ1n) is 11.3. The van der Waals surface area contributed by atoms with E-state index in [2.05, 4.69) is 59.5 Å². The van der Waals surface area contributed by atoms with Gasteiger partial charge in [0, 0.05) is 17.5 Å². The molecule has 0 radical (unpaired) electrons. The van der Waals surface area contributed by atoms with Crippen molar-refractivity contribution >= 4 is 18.1 Å². The highest BCUT2D eigenvalue weighted by Gasteiger charge is 2.43. The maximum absolute atomic E-state index is 12.0. The van der Waals surface area contributed by atoms with Crippen molar-refractivity contribution in [1.82, 2.24) is 4.90 Å². The minimum atomic E-state index is -0.414. The zero-order valence-electron chi connectivity index (χ0n) is 18.9. The summed E-state index contributed by atoms with van der Waals surface area (Å²) in [5, 5.41) is 0. The first-order chi connectivity index (χ1) is 14.8. The molecule has 0 atom stereocenters. The molecule has 4 rings (SSSR count). The third-order valence-corrected chi connectivity index (χ3v) is 6.21. The Morgan fingerprint density at radius 2 is 1.77 bits per heavy atom. The van der Waals surface area contributed by atoms with Gasteiger partial charge in [0.2, 0.25) is 0 Å². The molecule has 2 aromatic rings. The number of carbonyl (C=O) groups is 1. The number of hydrogen-bond donors (Lipinski definition) is 0. The van der Waals surface area contributed by atoms with E-state index in [1.165, 1.54) is 11.1 Å². The van der Waals surface area contributed by atoms with Crippen LogP contribution >= 0.6 is 0 Å². The number of benzene rings is 2. The second-order valence-electron chi connectivity index (χ2n) is 9.75. The zero-order valence-corrected chi connectivity index (χ0v) is 18.9. The number of hydrogen-bond acceptors (Lipinski definition) is 4. The van der Waals surface area contributed by atoms with E-state index in [9.17, 15) is 4.79 Å². The van der Waals surface area contributed by atoms with Gasteiger partial charge in [-0.2, -0.15) is 0 Å². The van der Waals surface area contributed by atoms with Crippen LogP contribution < -0.4 is 4.74 Å². The Morgan fingerprint density at radius 3 is 2.48 bits per heavy atom. The second kappa shape index (κ2) is 8.88. The van der Waals surface area contributed by atoms with Crippen molar-refractivity contribution in [2.75, 3.05) is 26.2 Å². The van der Waals surface area contributed by atoms with Crippen LogP contribution in [0.5, 0.6) is 5.75 Å². The standard InChI is InChI=1S/C27H33NO3/c1-26(2,3)31-25(29)13-16-28-17-14-27(15-18-28)20-30-24-19-22(11-12-23(24)27)10-9-21-7-5-4-6-8-21/h4-12,19H,13-18,20H2,1-3H3/b10-9+. The van der Waals surface area contributed by atoms with Crippen LogP contribution in [-0.4, -0.2) is 42.7 Å². The smallest absolute Gasteiger partial charge is 0.307 e. The summed E-state index contributed by atoms with van der Waals surface area (Å²) in [6.45, 7) is 9.24. The molecule has 2 aromatic carbocycles. The Labute approximate surface area is 185 Å². The lowest BCUT2D eigenvalue weighted by molar-refractivity contribution is -0.155. The number of nitrogens with zero attached hydrogens (tertiary/aromatic N) is 1. The van der Waals surface area contributed by atoms with Gasteiger partial charge in [0.05, 0.1) is 13.0 Å². The summed E-state index contributed by atoms with van der Waals surface area (Å²) in [6, 6.07) is 17.0. The van der Waals surface area contributed by atoms with E-state index in [0.717, 1.165) is 50.4 Å². The number of carbonyl (C=O) groups excluding carboxylic acids is 1. The van der Waals surface area contributed by atoms with Gasteiger partial charge in [-0.1, -0.05) is 54.6 Å². The molecule has 1 fully saturated rings. The summed E-state index contributed by atoms with van der Waals surface area (Å²) in [4.78, 5) is 14.4. The van der Waals surface area contributed by atoms with Crippen molar-refractivity contribution in [2.45, 2.75) is 51.0 Å². The molecule has 4 heteroatoms. The van der Waals surface area contributed by atoms with E-state index in [1.807, 2.05) is 26.8 Å². The molecule has 2 aliphatic heterocycles. The van der Waals surface area contributed by atoms with Crippen molar-refractivity contribution in [3.8, 4) is 5.75 Å². The Morgan fingerprint density at radius 1 is 1.06 bits per heavy atom. The van der Waals surface area contributed by atoms with Crippen molar-refractivity contribution in [3.63, 3.8) is 0 Å². The number of fused-ring (bicyclic) bond motifs is 2. The maximum Gasteiger partial charge on any atom is 0.307 e. The average Bonchev–Trinajstić information content (AvgIpc) is 3.09.